The van der Waals surface area contributed by atoms with E-state index in [0.29, 0.717) is 17.4 Å². The number of phosphoric acid groups is 1. The van der Waals surface area contributed by atoms with Gasteiger partial charge in [-0.2, -0.15) is 0 Å². The van der Waals surface area contributed by atoms with Crippen molar-refractivity contribution >= 4 is 13.7 Å². The highest BCUT2D eigenvalue weighted by Crippen LogP contribution is 2.38. The summed E-state index contributed by atoms with van der Waals surface area (Å²) in [6.45, 7) is 4.54. The van der Waals surface area contributed by atoms with Gasteiger partial charge in [-0.05, 0) is 57.8 Å². The van der Waals surface area contributed by atoms with E-state index in [1.807, 2.05) is 27.2 Å². The summed E-state index contributed by atoms with van der Waals surface area (Å²) >= 11 is 0. The number of unbranched alkanes of at least 4 members (excludes halogenated alkanes) is 31. The molecule has 0 aliphatic heterocycles. The summed E-state index contributed by atoms with van der Waals surface area (Å²) in [6.07, 6.45) is 67.3. The van der Waals surface area contributed by atoms with Crippen LogP contribution in [0.4, 0.5) is 0 Å². The van der Waals surface area contributed by atoms with Crippen LogP contribution in [0.15, 0.2) is 60.8 Å². The summed E-state index contributed by atoms with van der Waals surface area (Å²) in [4.78, 5) is 25.4. The van der Waals surface area contributed by atoms with Crippen molar-refractivity contribution in [2.24, 2.45) is 0 Å². The minimum absolute atomic E-state index is 0.000744. The number of phosphoric ester groups is 1. The molecule has 0 aliphatic carbocycles. The Morgan fingerprint density at radius 2 is 0.897 bits per heavy atom. The van der Waals surface area contributed by atoms with Gasteiger partial charge in [0.25, 0.3) is 7.82 Å². The van der Waals surface area contributed by atoms with Gasteiger partial charge in [0.05, 0.1) is 39.9 Å². The molecule has 0 saturated heterocycles. The van der Waals surface area contributed by atoms with Crippen LogP contribution < -0.4 is 10.2 Å². The number of allylic oxidation sites excluding steroid dienone is 9. The zero-order chi connectivity index (χ0) is 49.9. The average molecular weight is 976 g/mol. The monoisotopic (exact) mass is 975 g/mol. The van der Waals surface area contributed by atoms with Gasteiger partial charge in [-0.1, -0.05) is 254 Å². The number of likely N-dealkylation sites (N-methyl/N-ethyl adjacent to an activating group) is 1. The van der Waals surface area contributed by atoms with Crippen molar-refractivity contribution in [2.45, 2.75) is 270 Å². The van der Waals surface area contributed by atoms with E-state index in [2.05, 4.69) is 67.8 Å². The first kappa shape index (κ1) is 66.2. The van der Waals surface area contributed by atoms with Gasteiger partial charge < -0.3 is 28.8 Å². The Hall–Kier alpha value is -1.80. The number of hydrogen-bond donors (Lipinski definition) is 2. The smallest absolute Gasteiger partial charge is 0.268 e. The van der Waals surface area contributed by atoms with E-state index in [-0.39, 0.29) is 19.1 Å². The third-order valence-corrected chi connectivity index (χ3v) is 13.7. The largest absolute Gasteiger partial charge is 0.756 e. The molecule has 2 N–H and O–H groups in total. The summed E-state index contributed by atoms with van der Waals surface area (Å²) in [5, 5.41) is 13.8. The van der Waals surface area contributed by atoms with Crippen LogP contribution in [0, 0.1) is 0 Å². The first-order chi connectivity index (χ1) is 33.0. The highest BCUT2D eigenvalue weighted by Gasteiger charge is 2.23. The van der Waals surface area contributed by atoms with E-state index in [4.69, 9.17) is 9.05 Å². The minimum Gasteiger partial charge on any atom is -0.756 e. The van der Waals surface area contributed by atoms with E-state index in [1.54, 1.807) is 6.08 Å². The summed E-state index contributed by atoms with van der Waals surface area (Å²) in [7, 11) is 1.27. The molecule has 0 fully saturated rings. The molecule has 3 unspecified atom stereocenters. The lowest BCUT2D eigenvalue weighted by atomic mass is 10.0. The van der Waals surface area contributed by atoms with Crippen molar-refractivity contribution in [3.63, 3.8) is 0 Å². The molecular formula is C59H111N2O6P. The average Bonchev–Trinajstić information content (AvgIpc) is 3.30. The predicted octanol–water partition coefficient (Wildman–Crippen LogP) is 16.7. The number of carbonyl (C=O) groups is 1. The van der Waals surface area contributed by atoms with E-state index in [1.165, 1.54) is 173 Å². The first-order valence-corrected chi connectivity index (χ1v) is 30.1. The molecule has 3 atom stereocenters. The predicted molar refractivity (Wildman–Crippen MR) is 293 cm³/mol. The number of nitrogens with zero attached hydrogens (tertiary/aromatic N) is 1. The van der Waals surface area contributed by atoms with Gasteiger partial charge in [0, 0.05) is 6.42 Å². The lowest BCUT2D eigenvalue weighted by molar-refractivity contribution is -0.870. The van der Waals surface area contributed by atoms with Crippen LogP contribution in [-0.4, -0.2) is 68.5 Å². The number of aliphatic hydroxyl groups excluding tert-OH is 1. The van der Waals surface area contributed by atoms with Crippen molar-refractivity contribution in [1.29, 1.82) is 0 Å². The fourth-order valence-corrected chi connectivity index (χ4v) is 8.99. The topological polar surface area (TPSA) is 108 Å². The Balaban J connectivity index is 4.01. The molecule has 0 aromatic carbocycles. The minimum atomic E-state index is -4.59. The van der Waals surface area contributed by atoms with Gasteiger partial charge in [-0.25, -0.2) is 0 Å². The Labute approximate surface area is 422 Å². The van der Waals surface area contributed by atoms with Crippen molar-refractivity contribution in [1.82, 2.24) is 5.32 Å². The molecule has 1 amide bonds. The Bertz CT molecular complexity index is 1290. The third-order valence-electron chi connectivity index (χ3n) is 12.7. The number of hydrogen-bond acceptors (Lipinski definition) is 6. The molecule has 0 bridgehead atoms. The van der Waals surface area contributed by atoms with Gasteiger partial charge in [-0.3, -0.25) is 9.36 Å². The second-order valence-electron chi connectivity index (χ2n) is 20.6. The van der Waals surface area contributed by atoms with E-state index in [0.717, 1.165) is 64.2 Å². The Morgan fingerprint density at radius 3 is 1.31 bits per heavy atom. The number of amides is 1. The first-order valence-electron chi connectivity index (χ1n) is 28.7. The third kappa shape index (κ3) is 52.0. The molecule has 8 nitrogen and oxygen atoms in total. The van der Waals surface area contributed by atoms with Crippen LogP contribution in [0.3, 0.4) is 0 Å². The molecule has 0 aliphatic rings. The van der Waals surface area contributed by atoms with Crippen LogP contribution in [-0.2, 0) is 18.4 Å². The molecule has 0 heterocycles. The molecule has 0 rings (SSSR count). The second kappa shape index (κ2) is 50.2. The molecule has 9 heteroatoms. The molecule has 0 aromatic rings. The molecule has 0 aromatic heterocycles. The van der Waals surface area contributed by atoms with Gasteiger partial charge >= 0.3 is 0 Å². The van der Waals surface area contributed by atoms with Crippen molar-refractivity contribution in [3.8, 4) is 0 Å². The highest BCUT2D eigenvalue weighted by molar-refractivity contribution is 7.45. The Morgan fingerprint density at radius 1 is 0.529 bits per heavy atom. The lowest BCUT2D eigenvalue weighted by Gasteiger charge is -2.29. The standard InChI is InChI=1S/C59H111N2O6P/c1-6-8-10-12-14-16-18-20-21-22-23-24-25-26-27-28-29-30-31-32-33-34-35-36-37-38-39-41-43-45-47-49-51-53-59(63)60-57(56-67-68(64,65)66-55-54-61(3,4)5)58(62)52-50-48-46-44-42-40-19-17-15-13-11-9-7-2/h8,10,14,16,20-21,23-24,50,52,57-58,62H,6-7,9,11-13,15,17-19,22,25-49,51,53-56H2,1-5H3,(H-,60,63,64,65)/b10-8-,16-14-,21-20-,24-23-,52-50+. The molecule has 68 heavy (non-hydrogen) atoms. The van der Waals surface area contributed by atoms with E-state index >= 15 is 0 Å². The highest BCUT2D eigenvalue weighted by atomic mass is 31.2. The maximum atomic E-state index is 12.9. The number of rotatable bonds is 52. The van der Waals surface area contributed by atoms with Crippen LogP contribution >= 0.6 is 7.82 Å². The van der Waals surface area contributed by atoms with Gasteiger partial charge in [0.2, 0.25) is 5.91 Å². The quantitative estimate of drug-likeness (QED) is 0.0272. The van der Waals surface area contributed by atoms with E-state index < -0.39 is 20.0 Å². The van der Waals surface area contributed by atoms with Crippen molar-refractivity contribution < 1.29 is 32.9 Å². The molecule has 0 saturated carbocycles. The lowest BCUT2D eigenvalue weighted by Crippen LogP contribution is -2.45. The number of carbonyl (C=O) groups excluding carboxylic acids is 1. The van der Waals surface area contributed by atoms with Crippen molar-refractivity contribution in [2.75, 3.05) is 40.9 Å². The summed E-state index contributed by atoms with van der Waals surface area (Å²) in [5.41, 5.74) is 0. The van der Waals surface area contributed by atoms with Crippen LogP contribution in [0.1, 0.15) is 258 Å². The van der Waals surface area contributed by atoms with Crippen molar-refractivity contribution in [3.05, 3.63) is 60.8 Å². The normalized spacial score (nSPS) is 14.4. The fraction of sp³-hybridized carbons (Fsp3) is 0.814. The van der Waals surface area contributed by atoms with Crippen LogP contribution in [0.2, 0.25) is 0 Å². The summed E-state index contributed by atoms with van der Waals surface area (Å²) in [5.74, 6) is -0.196. The number of aliphatic hydroxyl groups is 1. The van der Waals surface area contributed by atoms with Crippen LogP contribution in [0.25, 0.3) is 0 Å². The van der Waals surface area contributed by atoms with Crippen LogP contribution in [0.5, 0.6) is 0 Å². The number of quaternary nitrogens is 1. The zero-order valence-electron chi connectivity index (χ0n) is 45.3. The van der Waals surface area contributed by atoms with Gasteiger partial charge in [0.15, 0.2) is 0 Å². The fourth-order valence-electron chi connectivity index (χ4n) is 8.26. The summed E-state index contributed by atoms with van der Waals surface area (Å²) in [6, 6.07) is -0.885. The van der Waals surface area contributed by atoms with E-state index in [9.17, 15) is 19.4 Å². The SMILES string of the molecule is CC/C=C\C/C=C\C/C=C\C/C=C\CCCCCCCCCCCCCCCCCCCCCCC(=O)NC(COP(=O)([O-])OCC[N+](C)(C)C)C(O)/C=C/CCCCCCCCCCCCC. The van der Waals surface area contributed by atoms with Gasteiger partial charge in [-0.15, -0.1) is 0 Å². The molecular weight excluding hydrogens is 864 g/mol. The maximum Gasteiger partial charge on any atom is 0.268 e. The van der Waals surface area contributed by atoms with Gasteiger partial charge in [0.1, 0.15) is 13.2 Å². The zero-order valence-corrected chi connectivity index (χ0v) is 46.2. The molecule has 0 spiro atoms. The maximum absolute atomic E-state index is 12.9. The number of nitrogens with one attached hydrogen (secondary N) is 1. The second-order valence-corrected chi connectivity index (χ2v) is 22.0. The summed E-state index contributed by atoms with van der Waals surface area (Å²) < 4.78 is 23.3. The molecule has 398 valence electrons. The molecule has 0 radical (unpaired) electrons. The Kier molecular flexibility index (Phi) is 48.8.